The highest BCUT2D eigenvalue weighted by atomic mass is 16.6. The topological polar surface area (TPSA) is 72.8 Å². The zero-order valence-corrected chi connectivity index (χ0v) is 13.7. The molecule has 0 saturated carbocycles. The van der Waals surface area contributed by atoms with Gasteiger partial charge >= 0.3 is 5.97 Å². The molecule has 0 aromatic heterocycles. The van der Waals surface area contributed by atoms with Crippen LogP contribution in [0.4, 0.5) is 0 Å². The first kappa shape index (κ1) is 17.1. The fraction of sp³-hybridized carbons (Fsp3) is 0.444. The van der Waals surface area contributed by atoms with Crippen molar-refractivity contribution < 1.29 is 24.2 Å². The molecule has 1 atom stereocenters. The highest BCUT2D eigenvalue weighted by Gasteiger charge is 2.37. The number of Topliss-reactive ketones (excluding diaryl/α,β-unsaturated/α-hetero) is 1. The standard InChI is InChI=1S/C18H22O5/c1-11(2)9-15-17(20)16(18(21)23-15)14(19)8-7-12-5-4-6-13(10-12)22-3/h4-6,10-11,15,20H,7-9H2,1-3H3. The van der Waals surface area contributed by atoms with Gasteiger partial charge in [-0.05, 0) is 36.5 Å². The normalized spacial score (nSPS) is 17.6. The fourth-order valence-electron chi connectivity index (χ4n) is 2.56. The van der Waals surface area contributed by atoms with E-state index in [-0.39, 0.29) is 29.5 Å². The minimum atomic E-state index is -0.719. The molecule has 0 aliphatic carbocycles. The lowest BCUT2D eigenvalue weighted by atomic mass is 9.99. The van der Waals surface area contributed by atoms with Gasteiger partial charge < -0.3 is 14.6 Å². The second-order valence-corrected chi connectivity index (χ2v) is 6.06. The highest BCUT2D eigenvalue weighted by Crippen LogP contribution is 2.27. The van der Waals surface area contributed by atoms with E-state index < -0.39 is 12.1 Å². The first-order valence-electron chi connectivity index (χ1n) is 7.72. The molecule has 5 nitrogen and oxygen atoms in total. The van der Waals surface area contributed by atoms with Crippen molar-refractivity contribution in [2.75, 3.05) is 7.11 Å². The molecule has 1 aliphatic heterocycles. The number of aliphatic hydroxyl groups is 1. The largest absolute Gasteiger partial charge is 0.507 e. The molecule has 0 spiro atoms. The Morgan fingerprint density at radius 2 is 2.13 bits per heavy atom. The number of aliphatic hydroxyl groups excluding tert-OH is 1. The van der Waals surface area contributed by atoms with Crippen molar-refractivity contribution in [3.63, 3.8) is 0 Å². The van der Waals surface area contributed by atoms with Crippen LogP contribution in [0.2, 0.25) is 0 Å². The maximum absolute atomic E-state index is 12.3. The van der Waals surface area contributed by atoms with Crippen LogP contribution in [-0.4, -0.2) is 30.1 Å². The molecule has 23 heavy (non-hydrogen) atoms. The summed E-state index contributed by atoms with van der Waals surface area (Å²) in [5.74, 6) is -0.361. The number of carbonyl (C=O) groups excluding carboxylic acids is 2. The van der Waals surface area contributed by atoms with Crippen molar-refractivity contribution in [2.24, 2.45) is 5.92 Å². The predicted octanol–water partition coefficient (Wildman–Crippen LogP) is 2.98. The zero-order chi connectivity index (χ0) is 17.0. The predicted molar refractivity (Wildman–Crippen MR) is 85.3 cm³/mol. The number of aryl methyl sites for hydroxylation is 1. The molecule has 1 aliphatic rings. The van der Waals surface area contributed by atoms with E-state index in [1.165, 1.54) is 0 Å². The lowest BCUT2D eigenvalue weighted by molar-refractivity contribution is -0.141. The van der Waals surface area contributed by atoms with Gasteiger partial charge in [0.05, 0.1) is 7.11 Å². The van der Waals surface area contributed by atoms with Gasteiger partial charge in [-0.1, -0.05) is 26.0 Å². The number of ketones is 1. The average molecular weight is 318 g/mol. The van der Waals surface area contributed by atoms with Crippen LogP contribution in [0.5, 0.6) is 5.75 Å². The summed E-state index contributed by atoms with van der Waals surface area (Å²) < 4.78 is 10.2. The number of cyclic esters (lactones) is 1. The first-order chi connectivity index (χ1) is 10.9. The SMILES string of the molecule is COc1cccc(CCC(=O)C2=C(O)C(CC(C)C)OC2=O)c1. The lowest BCUT2D eigenvalue weighted by Crippen LogP contribution is -2.14. The van der Waals surface area contributed by atoms with Crippen LogP contribution >= 0.6 is 0 Å². The van der Waals surface area contributed by atoms with Crippen LogP contribution in [0.1, 0.15) is 32.3 Å². The molecule has 1 unspecified atom stereocenters. The first-order valence-corrected chi connectivity index (χ1v) is 7.72. The van der Waals surface area contributed by atoms with E-state index in [1.807, 2.05) is 38.1 Å². The van der Waals surface area contributed by atoms with Crippen molar-refractivity contribution in [1.29, 1.82) is 0 Å². The van der Waals surface area contributed by atoms with Gasteiger partial charge in [-0.15, -0.1) is 0 Å². The molecule has 0 bridgehead atoms. The maximum Gasteiger partial charge on any atom is 0.346 e. The van der Waals surface area contributed by atoms with Gasteiger partial charge in [0, 0.05) is 6.42 Å². The van der Waals surface area contributed by atoms with Crippen LogP contribution in [0.3, 0.4) is 0 Å². The molecule has 2 rings (SSSR count). The smallest absolute Gasteiger partial charge is 0.346 e. The Morgan fingerprint density at radius 1 is 1.39 bits per heavy atom. The third kappa shape index (κ3) is 4.12. The molecule has 1 aromatic carbocycles. The fourth-order valence-corrected chi connectivity index (χ4v) is 2.56. The number of rotatable bonds is 7. The Bertz CT molecular complexity index is 630. The van der Waals surface area contributed by atoms with E-state index in [2.05, 4.69) is 0 Å². The van der Waals surface area contributed by atoms with Gasteiger partial charge in [0.15, 0.2) is 17.6 Å². The van der Waals surface area contributed by atoms with Gasteiger partial charge in [0.2, 0.25) is 0 Å². The molecular formula is C18H22O5. The Kier molecular flexibility index (Phi) is 5.42. The van der Waals surface area contributed by atoms with Gasteiger partial charge in [0.1, 0.15) is 11.3 Å². The highest BCUT2D eigenvalue weighted by molar-refractivity contribution is 6.19. The number of carbonyl (C=O) groups is 2. The summed E-state index contributed by atoms with van der Waals surface area (Å²) in [7, 11) is 1.58. The minimum Gasteiger partial charge on any atom is -0.507 e. The molecule has 1 N–H and O–H groups in total. The molecule has 5 heteroatoms. The van der Waals surface area contributed by atoms with Crippen molar-refractivity contribution in [1.82, 2.24) is 0 Å². The van der Waals surface area contributed by atoms with Crippen LogP contribution in [0.25, 0.3) is 0 Å². The summed E-state index contributed by atoms with van der Waals surface area (Å²) in [5, 5.41) is 10.1. The van der Waals surface area contributed by atoms with Crippen molar-refractivity contribution in [3.8, 4) is 5.75 Å². The average Bonchev–Trinajstić information content (AvgIpc) is 2.78. The number of ether oxygens (including phenoxy) is 2. The maximum atomic E-state index is 12.3. The number of hydrogen-bond donors (Lipinski definition) is 1. The number of methoxy groups -OCH3 is 1. The third-order valence-electron chi connectivity index (χ3n) is 3.75. The molecule has 124 valence electrons. The third-order valence-corrected chi connectivity index (χ3v) is 3.75. The van der Waals surface area contributed by atoms with E-state index >= 15 is 0 Å². The molecule has 0 radical (unpaired) electrons. The van der Waals surface area contributed by atoms with Gasteiger partial charge in [0.25, 0.3) is 0 Å². The summed E-state index contributed by atoms with van der Waals surface area (Å²) in [4.78, 5) is 24.1. The second kappa shape index (κ2) is 7.31. The summed E-state index contributed by atoms with van der Waals surface area (Å²) >= 11 is 0. The second-order valence-electron chi connectivity index (χ2n) is 6.06. The molecular weight excluding hydrogens is 296 g/mol. The molecule has 0 amide bonds. The summed E-state index contributed by atoms with van der Waals surface area (Å²) in [5.41, 5.74) is 0.737. The quantitative estimate of drug-likeness (QED) is 0.618. The Morgan fingerprint density at radius 3 is 2.78 bits per heavy atom. The monoisotopic (exact) mass is 318 g/mol. The Hall–Kier alpha value is -2.30. The minimum absolute atomic E-state index is 0.135. The zero-order valence-electron chi connectivity index (χ0n) is 13.7. The number of esters is 1. The van der Waals surface area contributed by atoms with Gasteiger partial charge in [-0.25, -0.2) is 4.79 Å². The van der Waals surface area contributed by atoms with Crippen molar-refractivity contribution >= 4 is 11.8 Å². The number of benzene rings is 1. The van der Waals surface area contributed by atoms with E-state index in [4.69, 9.17) is 9.47 Å². The molecule has 1 heterocycles. The molecule has 1 aromatic rings. The van der Waals surface area contributed by atoms with Crippen LogP contribution < -0.4 is 4.74 Å². The summed E-state index contributed by atoms with van der Waals surface area (Å²) in [6, 6.07) is 7.40. The Labute approximate surface area is 135 Å². The molecule has 0 fully saturated rings. The van der Waals surface area contributed by atoms with E-state index in [1.54, 1.807) is 7.11 Å². The Balaban J connectivity index is 2.04. The van der Waals surface area contributed by atoms with Crippen molar-refractivity contribution in [3.05, 3.63) is 41.2 Å². The lowest BCUT2D eigenvalue weighted by Gasteiger charge is -2.11. The van der Waals surface area contributed by atoms with Crippen LogP contribution in [-0.2, 0) is 20.7 Å². The van der Waals surface area contributed by atoms with E-state index in [9.17, 15) is 14.7 Å². The summed E-state index contributed by atoms with van der Waals surface area (Å²) in [6.45, 7) is 3.92. The van der Waals surface area contributed by atoms with Gasteiger partial charge in [-0.3, -0.25) is 4.79 Å². The van der Waals surface area contributed by atoms with E-state index in [0.29, 0.717) is 18.6 Å². The van der Waals surface area contributed by atoms with Gasteiger partial charge in [-0.2, -0.15) is 0 Å². The summed E-state index contributed by atoms with van der Waals surface area (Å²) in [6.07, 6.45) is 0.410. The van der Waals surface area contributed by atoms with E-state index in [0.717, 1.165) is 5.56 Å². The van der Waals surface area contributed by atoms with Crippen LogP contribution in [0.15, 0.2) is 35.6 Å². The van der Waals surface area contributed by atoms with Crippen LogP contribution in [0, 0.1) is 5.92 Å². The van der Waals surface area contributed by atoms with Crippen molar-refractivity contribution in [2.45, 2.75) is 39.2 Å². The number of hydrogen-bond acceptors (Lipinski definition) is 5. The molecule has 0 saturated heterocycles.